The summed E-state index contributed by atoms with van der Waals surface area (Å²) in [5.74, 6) is 0. The van der Waals surface area contributed by atoms with Crippen LogP contribution >= 0.6 is 0 Å². The number of nitrogens with zero attached hydrogens (tertiary/aromatic N) is 1. The van der Waals surface area contributed by atoms with E-state index in [1.165, 1.54) is 59.6 Å². The van der Waals surface area contributed by atoms with E-state index in [1.807, 2.05) is 18.5 Å². The van der Waals surface area contributed by atoms with Crippen LogP contribution in [0, 0.1) is 0 Å². The van der Waals surface area contributed by atoms with Crippen LogP contribution in [-0.2, 0) is 0 Å². The summed E-state index contributed by atoms with van der Waals surface area (Å²) in [6.45, 7) is 0. The van der Waals surface area contributed by atoms with Crippen LogP contribution in [0.2, 0.25) is 0 Å². The number of pyridine rings is 1. The molecule has 0 N–H and O–H groups in total. The lowest BCUT2D eigenvalue weighted by Crippen LogP contribution is -1.91. The zero-order chi connectivity index (χ0) is 26.9. The van der Waals surface area contributed by atoms with Crippen molar-refractivity contribution in [3.63, 3.8) is 0 Å². The lowest BCUT2D eigenvalue weighted by Gasteiger charge is -2.18. The molecule has 0 saturated heterocycles. The van der Waals surface area contributed by atoms with Gasteiger partial charge in [0.1, 0.15) is 11.2 Å². The van der Waals surface area contributed by atoms with Crippen LogP contribution in [0.5, 0.6) is 0 Å². The fourth-order valence-electron chi connectivity index (χ4n) is 6.74. The molecule has 9 rings (SSSR count). The SMILES string of the molecule is c1cncc(-c2c3ccccc3c(-c3cc4ccccc4c4c3oc3cc5ccccc5cc34)c3ccccc23)c1. The molecular weight excluding hydrogens is 498 g/mol. The topological polar surface area (TPSA) is 26.0 Å². The van der Waals surface area contributed by atoms with E-state index in [9.17, 15) is 0 Å². The van der Waals surface area contributed by atoms with E-state index in [0.29, 0.717) is 0 Å². The second-order valence-corrected chi connectivity index (χ2v) is 10.7. The third kappa shape index (κ3) is 3.22. The predicted molar refractivity (Wildman–Crippen MR) is 172 cm³/mol. The molecule has 0 saturated carbocycles. The first-order valence-corrected chi connectivity index (χ1v) is 14.0. The van der Waals surface area contributed by atoms with Gasteiger partial charge < -0.3 is 4.42 Å². The van der Waals surface area contributed by atoms with Gasteiger partial charge in [-0.15, -0.1) is 0 Å². The van der Waals surface area contributed by atoms with Crippen molar-refractivity contribution >= 4 is 65.0 Å². The van der Waals surface area contributed by atoms with Crippen LogP contribution in [0.1, 0.15) is 0 Å². The third-order valence-corrected chi connectivity index (χ3v) is 8.48. The number of hydrogen-bond donors (Lipinski definition) is 0. The zero-order valence-electron chi connectivity index (χ0n) is 22.1. The maximum Gasteiger partial charge on any atom is 0.143 e. The molecule has 0 spiro atoms. The summed E-state index contributed by atoms with van der Waals surface area (Å²) in [4.78, 5) is 4.46. The van der Waals surface area contributed by atoms with Crippen molar-refractivity contribution in [2.24, 2.45) is 0 Å². The number of hydrogen-bond acceptors (Lipinski definition) is 2. The van der Waals surface area contributed by atoms with Gasteiger partial charge in [-0.3, -0.25) is 4.98 Å². The van der Waals surface area contributed by atoms with Gasteiger partial charge >= 0.3 is 0 Å². The molecule has 2 nitrogen and oxygen atoms in total. The van der Waals surface area contributed by atoms with Gasteiger partial charge in [0.15, 0.2) is 0 Å². The summed E-state index contributed by atoms with van der Waals surface area (Å²) in [6.07, 6.45) is 3.80. The van der Waals surface area contributed by atoms with E-state index in [-0.39, 0.29) is 0 Å². The zero-order valence-corrected chi connectivity index (χ0v) is 22.1. The summed E-state index contributed by atoms with van der Waals surface area (Å²) in [7, 11) is 0. The Balaban J connectivity index is 1.51. The average molecular weight is 522 g/mol. The number of aromatic nitrogens is 1. The minimum atomic E-state index is 0.914. The molecule has 0 bridgehead atoms. The Morgan fingerprint density at radius 2 is 1.05 bits per heavy atom. The van der Waals surface area contributed by atoms with E-state index in [0.717, 1.165) is 27.7 Å². The maximum absolute atomic E-state index is 6.86. The minimum absolute atomic E-state index is 0.914. The molecule has 0 aliphatic carbocycles. The highest BCUT2D eigenvalue weighted by Crippen LogP contribution is 2.48. The average Bonchev–Trinajstić information content (AvgIpc) is 3.41. The molecule has 0 fully saturated rings. The third-order valence-electron chi connectivity index (χ3n) is 8.48. The Hall–Kier alpha value is -5.47. The normalized spacial score (nSPS) is 11.9. The largest absolute Gasteiger partial charge is 0.455 e. The fraction of sp³-hybridized carbons (Fsp3) is 0. The van der Waals surface area contributed by atoms with Gasteiger partial charge in [0.2, 0.25) is 0 Å². The predicted octanol–water partition coefficient (Wildman–Crippen LogP) is 10.9. The molecule has 190 valence electrons. The molecule has 0 aliphatic rings. The first kappa shape index (κ1) is 22.4. The second-order valence-electron chi connectivity index (χ2n) is 10.7. The van der Waals surface area contributed by atoms with Gasteiger partial charge in [0.05, 0.1) is 0 Å². The molecule has 0 atom stereocenters. The Bertz CT molecular complexity index is 2410. The van der Waals surface area contributed by atoms with Crippen LogP contribution in [0.25, 0.3) is 87.3 Å². The molecule has 0 radical (unpaired) electrons. The smallest absolute Gasteiger partial charge is 0.143 e. The molecule has 41 heavy (non-hydrogen) atoms. The highest BCUT2D eigenvalue weighted by Gasteiger charge is 2.22. The minimum Gasteiger partial charge on any atom is -0.455 e. The van der Waals surface area contributed by atoms with E-state index in [1.54, 1.807) is 0 Å². The monoisotopic (exact) mass is 521 g/mol. The molecule has 2 heterocycles. The maximum atomic E-state index is 6.86. The Labute approximate surface area is 236 Å². The molecule has 0 unspecified atom stereocenters. The summed E-state index contributed by atoms with van der Waals surface area (Å²) < 4.78 is 6.86. The Morgan fingerprint density at radius 1 is 0.463 bits per heavy atom. The number of rotatable bonds is 2. The highest BCUT2D eigenvalue weighted by molar-refractivity contribution is 6.28. The Kier molecular flexibility index (Phi) is 4.64. The molecule has 7 aromatic carbocycles. The van der Waals surface area contributed by atoms with Crippen LogP contribution in [0.3, 0.4) is 0 Å². The van der Waals surface area contributed by atoms with Crippen molar-refractivity contribution in [2.45, 2.75) is 0 Å². The van der Waals surface area contributed by atoms with Gasteiger partial charge in [-0.2, -0.15) is 0 Å². The number of benzene rings is 7. The van der Waals surface area contributed by atoms with Gasteiger partial charge in [-0.1, -0.05) is 103 Å². The first-order chi connectivity index (χ1) is 20.3. The van der Waals surface area contributed by atoms with Crippen molar-refractivity contribution in [3.8, 4) is 22.3 Å². The fourth-order valence-corrected chi connectivity index (χ4v) is 6.74. The molecule has 9 aromatic rings. The molecule has 2 heteroatoms. The van der Waals surface area contributed by atoms with E-state index in [4.69, 9.17) is 4.42 Å². The summed E-state index contributed by atoms with van der Waals surface area (Å²) in [5, 5.41) is 11.9. The van der Waals surface area contributed by atoms with Gasteiger partial charge in [-0.05, 0) is 72.9 Å². The van der Waals surface area contributed by atoms with Crippen molar-refractivity contribution in [1.82, 2.24) is 4.98 Å². The number of fused-ring (bicyclic) bond motifs is 8. The summed E-state index contributed by atoms with van der Waals surface area (Å²) in [6, 6.07) is 45.6. The van der Waals surface area contributed by atoms with Crippen molar-refractivity contribution in [3.05, 3.63) is 140 Å². The highest BCUT2D eigenvalue weighted by atomic mass is 16.3. The molecule has 0 aliphatic heterocycles. The summed E-state index contributed by atoms with van der Waals surface area (Å²) in [5.41, 5.74) is 6.48. The first-order valence-electron chi connectivity index (χ1n) is 14.0. The van der Waals surface area contributed by atoms with E-state index < -0.39 is 0 Å². The van der Waals surface area contributed by atoms with Gasteiger partial charge in [-0.25, -0.2) is 0 Å². The van der Waals surface area contributed by atoms with Crippen LogP contribution in [0.4, 0.5) is 0 Å². The molecule has 2 aromatic heterocycles. The van der Waals surface area contributed by atoms with Crippen LogP contribution in [-0.4, -0.2) is 4.98 Å². The number of furan rings is 1. The van der Waals surface area contributed by atoms with E-state index >= 15 is 0 Å². The quantitative estimate of drug-likeness (QED) is 0.211. The van der Waals surface area contributed by atoms with E-state index in [2.05, 4.69) is 126 Å². The van der Waals surface area contributed by atoms with Crippen LogP contribution < -0.4 is 0 Å². The standard InChI is InChI=1S/C39H23NO/c1-2-11-25-22-35-33(20-24(25)10-1)38-28-14-4-3-12-26(28)21-34(39(38)41-35)37-31-17-7-5-15-29(31)36(27-13-9-19-40-23-27)30-16-6-8-18-32(30)37/h1-23H. The second kappa shape index (κ2) is 8.51. The van der Waals surface area contributed by atoms with Gasteiger partial charge in [0, 0.05) is 39.9 Å². The lowest BCUT2D eigenvalue weighted by atomic mass is 9.85. The van der Waals surface area contributed by atoms with Gasteiger partial charge in [0.25, 0.3) is 0 Å². The molecule has 0 amide bonds. The van der Waals surface area contributed by atoms with Crippen LogP contribution in [0.15, 0.2) is 144 Å². The Morgan fingerprint density at radius 3 is 1.71 bits per heavy atom. The summed E-state index contributed by atoms with van der Waals surface area (Å²) >= 11 is 0. The van der Waals surface area contributed by atoms with Crippen molar-refractivity contribution < 1.29 is 4.42 Å². The molecular formula is C39H23NO. The lowest BCUT2D eigenvalue weighted by molar-refractivity contribution is 0.671. The van der Waals surface area contributed by atoms with Crippen molar-refractivity contribution in [1.29, 1.82) is 0 Å². The van der Waals surface area contributed by atoms with Crippen molar-refractivity contribution in [2.75, 3.05) is 0 Å².